The standard InChI is InChI=1S/C15H15ClN2O2/c16-13-9-5-4-8-12(13)14(19)10-17-15(20)18-11-6-2-1-3-7-11/h1-9,14,19H,10H2,(H2,17,18,20). The normalized spacial score (nSPS) is 11.7. The van der Waals surface area contributed by atoms with E-state index in [4.69, 9.17) is 11.6 Å². The number of rotatable bonds is 4. The van der Waals surface area contributed by atoms with Crippen molar-refractivity contribution in [1.82, 2.24) is 5.32 Å². The molecule has 3 N–H and O–H groups in total. The smallest absolute Gasteiger partial charge is 0.319 e. The van der Waals surface area contributed by atoms with E-state index in [1.165, 1.54) is 0 Å². The molecule has 0 saturated heterocycles. The summed E-state index contributed by atoms with van der Waals surface area (Å²) in [7, 11) is 0. The maximum absolute atomic E-state index is 11.7. The van der Waals surface area contributed by atoms with Gasteiger partial charge in [-0.3, -0.25) is 0 Å². The topological polar surface area (TPSA) is 61.4 Å². The summed E-state index contributed by atoms with van der Waals surface area (Å²) in [6.07, 6.45) is -0.842. The van der Waals surface area contributed by atoms with Crippen LogP contribution in [0.15, 0.2) is 54.6 Å². The van der Waals surface area contributed by atoms with Gasteiger partial charge in [0.25, 0.3) is 0 Å². The highest BCUT2D eigenvalue weighted by molar-refractivity contribution is 6.31. The van der Waals surface area contributed by atoms with Gasteiger partial charge in [-0.15, -0.1) is 0 Å². The fraction of sp³-hybridized carbons (Fsp3) is 0.133. The van der Waals surface area contributed by atoms with E-state index in [-0.39, 0.29) is 12.6 Å². The van der Waals surface area contributed by atoms with Crippen molar-refractivity contribution in [2.45, 2.75) is 6.10 Å². The van der Waals surface area contributed by atoms with Crippen molar-refractivity contribution in [1.29, 1.82) is 0 Å². The van der Waals surface area contributed by atoms with Crippen LogP contribution in [0, 0.1) is 0 Å². The molecule has 0 aliphatic heterocycles. The number of anilines is 1. The van der Waals surface area contributed by atoms with Gasteiger partial charge in [-0.05, 0) is 18.2 Å². The Morgan fingerprint density at radius 1 is 1.10 bits per heavy atom. The van der Waals surface area contributed by atoms with E-state index >= 15 is 0 Å². The molecular formula is C15H15ClN2O2. The summed E-state index contributed by atoms with van der Waals surface area (Å²) in [4.78, 5) is 11.7. The van der Waals surface area contributed by atoms with Crippen LogP contribution in [-0.4, -0.2) is 17.7 Å². The fourth-order valence-corrected chi connectivity index (χ4v) is 2.00. The minimum atomic E-state index is -0.842. The number of urea groups is 1. The van der Waals surface area contributed by atoms with Gasteiger partial charge in [0.2, 0.25) is 0 Å². The van der Waals surface area contributed by atoms with Crippen molar-refractivity contribution in [3.63, 3.8) is 0 Å². The second-order valence-corrected chi connectivity index (χ2v) is 4.65. The molecule has 0 heterocycles. The van der Waals surface area contributed by atoms with E-state index < -0.39 is 6.10 Å². The summed E-state index contributed by atoms with van der Waals surface area (Å²) in [5.41, 5.74) is 1.28. The van der Waals surface area contributed by atoms with Crippen LogP contribution in [0.1, 0.15) is 11.7 Å². The lowest BCUT2D eigenvalue weighted by Crippen LogP contribution is -2.32. The molecule has 0 aromatic heterocycles. The molecule has 2 aromatic rings. The molecular weight excluding hydrogens is 276 g/mol. The minimum Gasteiger partial charge on any atom is -0.387 e. The third kappa shape index (κ3) is 3.98. The zero-order valence-corrected chi connectivity index (χ0v) is 11.5. The van der Waals surface area contributed by atoms with Gasteiger partial charge in [-0.2, -0.15) is 0 Å². The van der Waals surface area contributed by atoms with E-state index in [1.54, 1.807) is 36.4 Å². The van der Waals surface area contributed by atoms with Crippen LogP contribution in [0.3, 0.4) is 0 Å². The highest BCUT2D eigenvalue weighted by Gasteiger charge is 2.12. The van der Waals surface area contributed by atoms with Gasteiger partial charge < -0.3 is 15.7 Å². The highest BCUT2D eigenvalue weighted by atomic mass is 35.5. The zero-order chi connectivity index (χ0) is 14.4. The molecule has 1 atom stereocenters. The van der Waals surface area contributed by atoms with Crippen LogP contribution in [0.5, 0.6) is 0 Å². The van der Waals surface area contributed by atoms with E-state index in [2.05, 4.69) is 10.6 Å². The van der Waals surface area contributed by atoms with Crippen molar-refractivity contribution in [3.05, 3.63) is 65.2 Å². The van der Waals surface area contributed by atoms with Gasteiger partial charge >= 0.3 is 6.03 Å². The first-order valence-corrected chi connectivity index (χ1v) is 6.57. The number of aliphatic hydroxyl groups is 1. The van der Waals surface area contributed by atoms with Crippen molar-refractivity contribution in [2.75, 3.05) is 11.9 Å². The van der Waals surface area contributed by atoms with E-state index in [0.29, 0.717) is 16.3 Å². The van der Waals surface area contributed by atoms with Crippen molar-refractivity contribution in [3.8, 4) is 0 Å². The average Bonchev–Trinajstić information content (AvgIpc) is 2.46. The van der Waals surface area contributed by atoms with Gasteiger partial charge in [0.05, 0.1) is 6.10 Å². The number of nitrogens with one attached hydrogen (secondary N) is 2. The number of carbonyl (C=O) groups excluding carboxylic acids is 1. The number of amides is 2. The Morgan fingerprint density at radius 2 is 1.75 bits per heavy atom. The predicted molar refractivity (Wildman–Crippen MR) is 79.9 cm³/mol. The van der Waals surface area contributed by atoms with Crippen molar-refractivity contribution < 1.29 is 9.90 Å². The third-order valence-electron chi connectivity index (χ3n) is 2.75. The van der Waals surface area contributed by atoms with Crippen LogP contribution in [0.4, 0.5) is 10.5 Å². The number of para-hydroxylation sites is 1. The Hall–Kier alpha value is -2.04. The molecule has 0 saturated carbocycles. The summed E-state index contributed by atoms with van der Waals surface area (Å²) in [6.45, 7) is 0.0857. The van der Waals surface area contributed by atoms with Gasteiger partial charge in [0.15, 0.2) is 0 Å². The van der Waals surface area contributed by atoms with Crippen LogP contribution >= 0.6 is 11.6 Å². The molecule has 5 heteroatoms. The molecule has 0 fully saturated rings. The largest absolute Gasteiger partial charge is 0.387 e. The molecule has 2 aromatic carbocycles. The lowest BCUT2D eigenvalue weighted by molar-refractivity contribution is 0.175. The number of hydrogen-bond donors (Lipinski definition) is 3. The highest BCUT2D eigenvalue weighted by Crippen LogP contribution is 2.21. The fourth-order valence-electron chi connectivity index (χ4n) is 1.74. The number of halogens is 1. The summed E-state index contributed by atoms with van der Waals surface area (Å²) >= 11 is 5.98. The van der Waals surface area contributed by atoms with Crippen molar-refractivity contribution >= 4 is 23.3 Å². The van der Waals surface area contributed by atoms with Crippen LogP contribution in [-0.2, 0) is 0 Å². The van der Waals surface area contributed by atoms with Crippen LogP contribution < -0.4 is 10.6 Å². The molecule has 4 nitrogen and oxygen atoms in total. The Morgan fingerprint density at radius 3 is 2.45 bits per heavy atom. The number of benzene rings is 2. The van der Waals surface area contributed by atoms with Crippen LogP contribution in [0.25, 0.3) is 0 Å². The maximum atomic E-state index is 11.7. The summed E-state index contributed by atoms with van der Waals surface area (Å²) in [6, 6.07) is 15.7. The molecule has 0 radical (unpaired) electrons. The zero-order valence-electron chi connectivity index (χ0n) is 10.7. The number of hydrogen-bond acceptors (Lipinski definition) is 2. The Balaban J connectivity index is 1.86. The first-order chi connectivity index (χ1) is 9.66. The first-order valence-electron chi connectivity index (χ1n) is 6.19. The predicted octanol–water partition coefficient (Wildman–Crippen LogP) is 3.20. The van der Waals surface area contributed by atoms with Gasteiger partial charge in [0.1, 0.15) is 0 Å². The molecule has 1 unspecified atom stereocenters. The summed E-state index contributed by atoms with van der Waals surface area (Å²) in [5, 5.41) is 15.7. The molecule has 2 amide bonds. The minimum absolute atomic E-state index is 0.0857. The Labute approximate surface area is 122 Å². The molecule has 104 valence electrons. The van der Waals surface area contributed by atoms with Gasteiger partial charge in [0, 0.05) is 22.8 Å². The molecule has 0 aliphatic rings. The van der Waals surface area contributed by atoms with E-state index in [1.807, 2.05) is 18.2 Å². The van der Waals surface area contributed by atoms with E-state index in [9.17, 15) is 9.90 Å². The second-order valence-electron chi connectivity index (χ2n) is 4.24. The maximum Gasteiger partial charge on any atom is 0.319 e. The third-order valence-corrected chi connectivity index (χ3v) is 3.10. The first kappa shape index (κ1) is 14.4. The summed E-state index contributed by atoms with van der Waals surface area (Å²) in [5.74, 6) is 0. The number of aliphatic hydroxyl groups excluding tert-OH is 1. The second kappa shape index (κ2) is 6.93. The lowest BCUT2D eigenvalue weighted by atomic mass is 10.1. The van der Waals surface area contributed by atoms with Gasteiger partial charge in [-0.25, -0.2) is 4.79 Å². The monoisotopic (exact) mass is 290 g/mol. The van der Waals surface area contributed by atoms with Crippen molar-refractivity contribution in [2.24, 2.45) is 0 Å². The molecule has 0 spiro atoms. The SMILES string of the molecule is O=C(NCC(O)c1ccccc1Cl)Nc1ccccc1. The quantitative estimate of drug-likeness (QED) is 0.810. The average molecular weight is 291 g/mol. The summed E-state index contributed by atoms with van der Waals surface area (Å²) < 4.78 is 0. The van der Waals surface area contributed by atoms with E-state index in [0.717, 1.165) is 0 Å². The van der Waals surface area contributed by atoms with Crippen LogP contribution in [0.2, 0.25) is 5.02 Å². The molecule has 2 rings (SSSR count). The Bertz CT molecular complexity index is 575. The number of carbonyl (C=O) groups is 1. The van der Waals surface area contributed by atoms with Gasteiger partial charge in [-0.1, -0.05) is 48.0 Å². The molecule has 20 heavy (non-hydrogen) atoms. The molecule has 0 aliphatic carbocycles. The lowest BCUT2D eigenvalue weighted by Gasteiger charge is -2.14. The molecule has 0 bridgehead atoms. The Kier molecular flexibility index (Phi) is 4.98.